The van der Waals surface area contributed by atoms with Crippen LogP contribution in [-0.4, -0.2) is 12.1 Å². The van der Waals surface area contributed by atoms with Crippen LogP contribution in [0.1, 0.15) is 0 Å². The fourth-order valence-corrected chi connectivity index (χ4v) is 0.885. The van der Waals surface area contributed by atoms with E-state index >= 15 is 0 Å². The van der Waals surface area contributed by atoms with Crippen molar-refractivity contribution in [3.63, 3.8) is 0 Å². The van der Waals surface area contributed by atoms with Crippen molar-refractivity contribution in [2.45, 2.75) is 12.1 Å². The van der Waals surface area contributed by atoms with Gasteiger partial charge < -0.3 is 11.5 Å². The van der Waals surface area contributed by atoms with Crippen molar-refractivity contribution in [2.75, 3.05) is 0 Å². The van der Waals surface area contributed by atoms with Crippen molar-refractivity contribution in [3.8, 4) is 0 Å². The summed E-state index contributed by atoms with van der Waals surface area (Å²) in [5.41, 5.74) is 11.4. The Bertz CT molecular complexity index is 138. The second-order valence-electron chi connectivity index (χ2n) is 2.44. The van der Waals surface area contributed by atoms with Gasteiger partial charge in [0.25, 0.3) is 0 Å². The lowest BCUT2D eigenvalue weighted by atomic mass is 9.93. The minimum atomic E-state index is -0.138. The third-order valence-electron chi connectivity index (χ3n) is 1.71. The molecular weight excluding hydrogens is 136 g/mol. The summed E-state index contributed by atoms with van der Waals surface area (Å²) in [5, 5.41) is 0. The lowest BCUT2D eigenvalue weighted by molar-refractivity contribution is 0.521. The summed E-state index contributed by atoms with van der Waals surface area (Å²) >= 11 is 0. The zero-order valence-electron chi connectivity index (χ0n) is 6.74. The van der Waals surface area contributed by atoms with Gasteiger partial charge in [-0.25, -0.2) is 0 Å². The molecule has 0 spiro atoms. The van der Waals surface area contributed by atoms with Crippen molar-refractivity contribution in [2.24, 2.45) is 17.4 Å². The molecule has 0 amide bonds. The molecule has 0 aromatic heterocycles. The predicted octanol–water partition coefficient (Wildman–Crippen LogP) is 0.815. The summed E-state index contributed by atoms with van der Waals surface area (Å²) in [6, 6.07) is -0.277. The average molecular weight is 152 g/mol. The van der Waals surface area contributed by atoms with Gasteiger partial charge in [-0.05, 0) is 0 Å². The molecule has 0 heterocycles. The Morgan fingerprint density at radius 2 is 1.18 bits per heavy atom. The van der Waals surface area contributed by atoms with E-state index in [-0.39, 0.29) is 18.0 Å². The van der Waals surface area contributed by atoms with Crippen molar-refractivity contribution in [3.05, 3.63) is 38.0 Å². The maximum atomic E-state index is 5.69. The van der Waals surface area contributed by atoms with Gasteiger partial charge >= 0.3 is 0 Å². The van der Waals surface area contributed by atoms with Gasteiger partial charge in [-0.3, -0.25) is 0 Å². The highest BCUT2D eigenvalue weighted by Crippen LogP contribution is 2.08. The zero-order chi connectivity index (χ0) is 8.85. The summed E-state index contributed by atoms with van der Waals surface area (Å²) in [4.78, 5) is 0. The molecule has 0 fully saturated rings. The number of hydrogen-bond donors (Lipinski definition) is 2. The quantitative estimate of drug-likeness (QED) is 0.573. The molecule has 0 saturated heterocycles. The molecule has 0 aliphatic rings. The van der Waals surface area contributed by atoms with Crippen LogP contribution >= 0.6 is 0 Å². The summed E-state index contributed by atoms with van der Waals surface area (Å²) in [5.74, 6) is 0.0324. The number of rotatable bonds is 5. The molecule has 2 unspecified atom stereocenters. The van der Waals surface area contributed by atoms with E-state index in [4.69, 9.17) is 11.5 Å². The van der Waals surface area contributed by atoms with E-state index in [0.29, 0.717) is 0 Å². The van der Waals surface area contributed by atoms with Gasteiger partial charge in [-0.2, -0.15) is 0 Å². The third-order valence-corrected chi connectivity index (χ3v) is 1.71. The Hall–Kier alpha value is -0.860. The third kappa shape index (κ3) is 2.70. The average Bonchev–Trinajstić information content (AvgIpc) is 2.05. The standard InChI is InChI=1S/C9H16N2/c1-4-7(8(10)5-2)9(11)6-3/h4-9H,1-3,10-11H2. The first-order valence-electron chi connectivity index (χ1n) is 3.56. The van der Waals surface area contributed by atoms with Crippen LogP contribution in [-0.2, 0) is 0 Å². The molecule has 0 rings (SSSR count). The van der Waals surface area contributed by atoms with Crippen LogP contribution in [0.25, 0.3) is 0 Å². The Morgan fingerprint density at radius 1 is 0.818 bits per heavy atom. The molecule has 0 saturated carbocycles. The van der Waals surface area contributed by atoms with Gasteiger partial charge in [0.2, 0.25) is 0 Å². The molecule has 0 aliphatic carbocycles. The summed E-state index contributed by atoms with van der Waals surface area (Å²) in [6.45, 7) is 10.8. The van der Waals surface area contributed by atoms with Gasteiger partial charge in [0, 0.05) is 18.0 Å². The first kappa shape index (κ1) is 10.1. The second kappa shape index (κ2) is 4.88. The Balaban J connectivity index is 4.24. The molecule has 0 aliphatic heterocycles. The largest absolute Gasteiger partial charge is 0.324 e. The summed E-state index contributed by atoms with van der Waals surface area (Å²) < 4.78 is 0. The highest BCUT2D eigenvalue weighted by molar-refractivity contribution is 5.05. The van der Waals surface area contributed by atoms with Crippen LogP contribution in [0.15, 0.2) is 38.0 Å². The van der Waals surface area contributed by atoms with Crippen molar-refractivity contribution >= 4 is 0 Å². The first-order valence-corrected chi connectivity index (χ1v) is 3.56. The monoisotopic (exact) mass is 152 g/mol. The van der Waals surface area contributed by atoms with Crippen LogP contribution in [0.3, 0.4) is 0 Å². The van der Waals surface area contributed by atoms with E-state index in [1.807, 2.05) is 0 Å². The predicted molar refractivity (Wildman–Crippen MR) is 50.0 cm³/mol. The van der Waals surface area contributed by atoms with Crippen LogP contribution < -0.4 is 11.5 Å². The number of nitrogens with two attached hydrogens (primary N) is 2. The van der Waals surface area contributed by atoms with Crippen molar-refractivity contribution < 1.29 is 0 Å². The van der Waals surface area contributed by atoms with Gasteiger partial charge in [0.1, 0.15) is 0 Å². The molecule has 2 atom stereocenters. The van der Waals surface area contributed by atoms with Gasteiger partial charge in [-0.1, -0.05) is 18.2 Å². The van der Waals surface area contributed by atoms with E-state index < -0.39 is 0 Å². The molecule has 62 valence electrons. The molecule has 2 heteroatoms. The van der Waals surface area contributed by atoms with Gasteiger partial charge in [0.15, 0.2) is 0 Å². The van der Waals surface area contributed by atoms with E-state index in [1.165, 1.54) is 0 Å². The minimum Gasteiger partial charge on any atom is -0.324 e. The highest BCUT2D eigenvalue weighted by Gasteiger charge is 2.16. The molecule has 0 radical (unpaired) electrons. The fourth-order valence-electron chi connectivity index (χ4n) is 0.885. The molecule has 2 nitrogen and oxygen atoms in total. The van der Waals surface area contributed by atoms with Gasteiger partial charge in [0.05, 0.1) is 0 Å². The zero-order valence-corrected chi connectivity index (χ0v) is 6.74. The van der Waals surface area contributed by atoms with Crippen LogP contribution in [0.2, 0.25) is 0 Å². The Labute approximate surface area is 68.3 Å². The molecule has 0 bridgehead atoms. The first-order chi connectivity index (χ1) is 5.17. The maximum Gasteiger partial charge on any atom is 0.0302 e. The lowest BCUT2D eigenvalue weighted by Gasteiger charge is -2.21. The van der Waals surface area contributed by atoms with Crippen LogP contribution in [0.4, 0.5) is 0 Å². The van der Waals surface area contributed by atoms with E-state index in [2.05, 4.69) is 19.7 Å². The minimum absolute atomic E-state index is 0.0324. The molecular formula is C9H16N2. The SMILES string of the molecule is C=CC(N)C(C=C)C(N)C=C. The number of hydrogen-bond acceptors (Lipinski definition) is 2. The Morgan fingerprint density at radius 3 is 1.36 bits per heavy atom. The fraction of sp³-hybridized carbons (Fsp3) is 0.333. The molecule has 0 aromatic carbocycles. The van der Waals surface area contributed by atoms with Crippen molar-refractivity contribution in [1.29, 1.82) is 0 Å². The van der Waals surface area contributed by atoms with Gasteiger partial charge in [-0.15, -0.1) is 19.7 Å². The van der Waals surface area contributed by atoms with Crippen molar-refractivity contribution in [1.82, 2.24) is 0 Å². The molecule has 0 aromatic rings. The van der Waals surface area contributed by atoms with E-state index in [1.54, 1.807) is 18.2 Å². The normalized spacial score (nSPS) is 18.0. The van der Waals surface area contributed by atoms with Crippen LogP contribution in [0.5, 0.6) is 0 Å². The molecule has 4 N–H and O–H groups in total. The van der Waals surface area contributed by atoms with E-state index in [9.17, 15) is 0 Å². The topological polar surface area (TPSA) is 52.0 Å². The maximum absolute atomic E-state index is 5.69. The van der Waals surface area contributed by atoms with E-state index in [0.717, 1.165) is 0 Å². The second-order valence-corrected chi connectivity index (χ2v) is 2.44. The summed E-state index contributed by atoms with van der Waals surface area (Å²) in [6.07, 6.45) is 5.06. The highest BCUT2D eigenvalue weighted by atomic mass is 14.7. The smallest absolute Gasteiger partial charge is 0.0302 e. The Kier molecular flexibility index (Phi) is 4.50. The lowest BCUT2D eigenvalue weighted by Crippen LogP contribution is -2.38. The summed E-state index contributed by atoms with van der Waals surface area (Å²) in [7, 11) is 0. The molecule has 11 heavy (non-hydrogen) atoms. The van der Waals surface area contributed by atoms with Crippen LogP contribution in [0, 0.1) is 5.92 Å².